The van der Waals surface area contributed by atoms with Crippen LogP contribution in [0.15, 0.2) is 0 Å². The Labute approximate surface area is 203 Å². The summed E-state index contributed by atoms with van der Waals surface area (Å²) >= 11 is 0. The lowest BCUT2D eigenvalue weighted by Gasteiger charge is -2.62. The van der Waals surface area contributed by atoms with Gasteiger partial charge < -0.3 is 25.7 Å². The summed E-state index contributed by atoms with van der Waals surface area (Å²) in [6.45, 7) is 6.27. The van der Waals surface area contributed by atoms with E-state index in [-0.39, 0.29) is 41.3 Å². The minimum Gasteiger partial charge on any atom is -0.480 e. The second-order valence-electron chi connectivity index (χ2n) is 12.5. The van der Waals surface area contributed by atoms with Crippen molar-refractivity contribution >= 4 is 11.9 Å². The summed E-state index contributed by atoms with van der Waals surface area (Å²) in [6.07, 6.45) is 8.66. The zero-order valence-corrected chi connectivity index (χ0v) is 21.1. The maximum absolute atomic E-state index is 12.3. The fourth-order valence-electron chi connectivity index (χ4n) is 9.17. The topological polar surface area (TPSA) is 127 Å². The first-order valence-electron chi connectivity index (χ1n) is 13.5. The van der Waals surface area contributed by atoms with Crippen LogP contribution in [0.3, 0.4) is 0 Å². The van der Waals surface area contributed by atoms with Crippen molar-refractivity contribution in [2.45, 2.75) is 103 Å². The molecule has 11 atom stereocenters. The number of carbonyl (C=O) groups excluding carboxylic acids is 1. The molecule has 4 aliphatic rings. The van der Waals surface area contributed by atoms with Crippen LogP contribution in [0.5, 0.6) is 0 Å². The van der Waals surface area contributed by atoms with Crippen LogP contribution in [0.4, 0.5) is 0 Å². The molecule has 7 nitrogen and oxygen atoms in total. The first-order valence-corrected chi connectivity index (χ1v) is 13.5. The standard InChI is InChI=1S/C27H45NO6/c1-15(4-9-24(32)28-22(14-29)25(33)34)19-7-8-20-18-6-5-16-12-17(30)10-11-26(16,2)21(18)13-23(31)27(19,20)3/h15-23,29-31H,4-14H2,1-3H3,(H,28,32)(H,33,34). The van der Waals surface area contributed by atoms with Crippen molar-refractivity contribution in [3.05, 3.63) is 0 Å². The van der Waals surface area contributed by atoms with Crippen LogP contribution in [0, 0.1) is 46.3 Å². The summed E-state index contributed by atoms with van der Waals surface area (Å²) in [5.41, 5.74) is 0.0722. The molecule has 7 heteroatoms. The number of carboxylic acids is 1. The smallest absolute Gasteiger partial charge is 0.328 e. The van der Waals surface area contributed by atoms with Crippen molar-refractivity contribution in [3.63, 3.8) is 0 Å². The molecular formula is C27H45NO6. The molecule has 34 heavy (non-hydrogen) atoms. The molecule has 4 aliphatic carbocycles. The largest absolute Gasteiger partial charge is 0.480 e. The lowest BCUT2D eigenvalue weighted by molar-refractivity contribution is -0.175. The van der Waals surface area contributed by atoms with Gasteiger partial charge in [-0.15, -0.1) is 0 Å². The number of amides is 1. The SMILES string of the molecule is CC(CCC(=O)NC(CO)C(=O)O)C1CCC2C3CCC4CC(O)CCC4(C)C3CC(O)C12C. The van der Waals surface area contributed by atoms with E-state index in [1.165, 1.54) is 12.8 Å². The molecule has 0 saturated heterocycles. The van der Waals surface area contributed by atoms with E-state index >= 15 is 0 Å². The molecule has 194 valence electrons. The molecule has 0 aromatic heterocycles. The monoisotopic (exact) mass is 479 g/mol. The number of hydrogen-bond acceptors (Lipinski definition) is 5. The predicted octanol–water partition coefficient (Wildman–Crippen LogP) is 2.96. The molecule has 0 aliphatic heterocycles. The third-order valence-electron chi connectivity index (χ3n) is 11.1. The van der Waals surface area contributed by atoms with Crippen molar-refractivity contribution in [2.24, 2.45) is 46.3 Å². The molecule has 0 heterocycles. The first-order chi connectivity index (χ1) is 16.0. The molecule has 4 fully saturated rings. The van der Waals surface area contributed by atoms with E-state index in [1.807, 2.05) is 0 Å². The molecule has 0 aromatic rings. The van der Waals surface area contributed by atoms with E-state index in [9.17, 15) is 19.8 Å². The maximum atomic E-state index is 12.3. The highest BCUT2D eigenvalue weighted by Crippen LogP contribution is 2.68. The van der Waals surface area contributed by atoms with Crippen LogP contribution in [0.2, 0.25) is 0 Å². The minimum absolute atomic E-state index is 0.150. The van der Waals surface area contributed by atoms with E-state index in [0.29, 0.717) is 36.0 Å². The zero-order valence-electron chi connectivity index (χ0n) is 21.1. The second kappa shape index (κ2) is 9.70. The molecule has 0 bridgehead atoms. The van der Waals surface area contributed by atoms with Gasteiger partial charge in [0.15, 0.2) is 0 Å². The van der Waals surface area contributed by atoms with Gasteiger partial charge in [-0.05, 0) is 104 Å². The van der Waals surface area contributed by atoms with Crippen LogP contribution >= 0.6 is 0 Å². The average Bonchev–Trinajstić information content (AvgIpc) is 3.15. The molecule has 4 saturated carbocycles. The third-order valence-corrected chi connectivity index (χ3v) is 11.1. The number of carbonyl (C=O) groups is 2. The first kappa shape index (κ1) is 25.9. The van der Waals surface area contributed by atoms with E-state index in [0.717, 1.165) is 38.5 Å². The van der Waals surface area contributed by atoms with Crippen LogP contribution in [0.25, 0.3) is 0 Å². The highest BCUT2D eigenvalue weighted by molar-refractivity contribution is 5.83. The Hall–Kier alpha value is -1.18. The Balaban J connectivity index is 1.43. The molecule has 11 unspecified atom stereocenters. The number of aliphatic carboxylic acids is 1. The molecule has 5 N–H and O–H groups in total. The molecule has 4 rings (SSSR count). The number of hydrogen-bond donors (Lipinski definition) is 5. The van der Waals surface area contributed by atoms with Crippen LogP contribution in [-0.4, -0.2) is 57.2 Å². The number of aliphatic hydroxyl groups is 3. The van der Waals surface area contributed by atoms with Crippen LogP contribution in [-0.2, 0) is 9.59 Å². The molecular weight excluding hydrogens is 434 g/mol. The predicted molar refractivity (Wildman–Crippen MR) is 128 cm³/mol. The quantitative estimate of drug-likeness (QED) is 0.382. The number of rotatable bonds is 7. The Morgan fingerprint density at radius 3 is 2.44 bits per heavy atom. The van der Waals surface area contributed by atoms with Gasteiger partial charge in [0.05, 0.1) is 18.8 Å². The van der Waals surface area contributed by atoms with Gasteiger partial charge in [-0.3, -0.25) is 4.79 Å². The van der Waals surface area contributed by atoms with E-state index in [2.05, 4.69) is 26.1 Å². The van der Waals surface area contributed by atoms with E-state index < -0.39 is 18.6 Å². The number of aliphatic hydroxyl groups excluding tert-OH is 3. The zero-order chi connectivity index (χ0) is 24.8. The summed E-state index contributed by atoms with van der Waals surface area (Å²) in [5.74, 6) is 1.24. The highest BCUT2D eigenvalue weighted by atomic mass is 16.4. The van der Waals surface area contributed by atoms with Crippen molar-refractivity contribution < 1.29 is 30.0 Å². The lowest BCUT2D eigenvalue weighted by atomic mass is 9.43. The molecule has 0 spiro atoms. The second-order valence-corrected chi connectivity index (χ2v) is 12.5. The van der Waals surface area contributed by atoms with Crippen molar-refractivity contribution in [3.8, 4) is 0 Å². The summed E-state index contributed by atoms with van der Waals surface area (Å²) in [5, 5.41) is 42.5. The van der Waals surface area contributed by atoms with Gasteiger partial charge in [-0.1, -0.05) is 20.8 Å². The normalized spacial score (nSPS) is 45.4. The molecule has 1 amide bonds. The number of nitrogens with one attached hydrogen (secondary N) is 1. The summed E-state index contributed by atoms with van der Waals surface area (Å²) < 4.78 is 0. The van der Waals surface area contributed by atoms with Gasteiger partial charge in [0.1, 0.15) is 6.04 Å². The third kappa shape index (κ3) is 4.30. The average molecular weight is 480 g/mol. The highest BCUT2D eigenvalue weighted by Gasteiger charge is 2.63. The van der Waals surface area contributed by atoms with E-state index in [4.69, 9.17) is 10.2 Å². The van der Waals surface area contributed by atoms with Crippen molar-refractivity contribution in [1.82, 2.24) is 5.32 Å². The summed E-state index contributed by atoms with van der Waals surface area (Å²) in [4.78, 5) is 23.4. The van der Waals surface area contributed by atoms with Gasteiger partial charge in [-0.25, -0.2) is 4.79 Å². The molecule has 0 aromatic carbocycles. The summed E-state index contributed by atoms with van der Waals surface area (Å²) in [7, 11) is 0. The van der Waals surface area contributed by atoms with Crippen molar-refractivity contribution in [2.75, 3.05) is 6.61 Å². The van der Waals surface area contributed by atoms with Gasteiger partial charge in [-0.2, -0.15) is 0 Å². The summed E-state index contributed by atoms with van der Waals surface area (Å²) in [6, 6.07) is -1.26. The van der Waals surface area contributed by atoms with Crippen molar-refractivity contribution in [1.29, 1.82) is 0 Å². The van der Waals surface area contributed by atoms with Crippen LogP contribution in [0.1, 0.15) is 85.0 Å². The van der Waals surface area contributed by atoms with Gasteiger partial charge in [0, 0.05) is 6.42 Å². The fraction of sp³-hybridized carbons (Fsp3) is 0.926. The van der Waals surface area contributed by atoms with E-state index in [1.54, 1.807) is 0 Å². The van der Waals surface area contributed by atoms with Crippen LogP contribution < -0.4 is 5.32 Å². The molecule has 0 radical (unpaired) electrons. The Kier molecular flexibility index (Phi) is 7.39. The van der Waals surface area contributed by atoms with Gasteiger partial charge >= 0.3 is 5.97 Å². The lowest BCUT2D eigenvalue weighted by Crippen LogP contribution is -2.58. The number of fused-ring (bicyclic) bond motifs is 5. The number of carboxylic acid groups (broad SMARTS) is 1. The maximum Gasteiger partial charge on any atom is 0.328 e. The Bertz CT molecular complexity index is 774. The van der Waals surface area contributed by atoms with Gasteiger partial charge in [0.25, 0.3) is 0 Å². The Morgan fingerprint density at radius 2 is 1.76 bits per heavy atom. The minimum atomic E-state index is -1.26. The van der Waals surface area contributed by atoms with Gasteiger partial charge in [0.2, 0.25) is 5.91 Å². The Morgan fingerprint density at radius 1 is 1.03 bits per heavy atom. The fourth-order valence-corrected chi connectivity index (χ4v) is 9.17.